The van der Waals surface area contributed by atoms with Gasteiger partial charge in [0.1, 0.15) is 0 Å². The third-order valence-electron chi connectivity index (χ3n) is 11.6. The molecular formula is C51H62. The predicted octanol–water partition coefficient (Wildman–Crippen LogP) is 14.5. The van der Waals surface area contributed by atoms with E-state index in [1.807, 2.05) is 0 Å². The largest absolute Gasteiger partial charge is 0.0846 e. The van der Waals surface area contributed by atoms with Gasteiger partial charge in [-0.25, -0.2) is 0 Å². The maximum Gasteiger partial charge on any atom is -0.0171 e. The summed E-state index contributed by atoms with van der Waals surface area (Å²) in [4.78, 5) is 0. The van der Waals surface area contributed by atoms with Gasteiger partial charge in [-0.15, -0.1) is 0 Å². The summed E-state index contributed by atoms with van der Waals surface area (Å²) in [5.41, 5.74) is 19.5. The third kappa shape index (κ3) is 9.39. The molecule has 51 heavy (non-hydrogen) atoms. The summed E-state index contributed by atoms with van der Waals surface area (Å²) in [6, 6.07) is 34.0. The van der Waals surface area contributed by atoms with Crippen LogP contribution in [-0.2, 0) is 0 Å². The van der Waals surface area contributed by atoms with E-state index in [0.717, 1.165) is 35.5 Å². The van der Waals surface area contributed by atoms with Crippen molar-refractivity contribution in [1.29, 1.82) is 0 Å². The van der Waals surface area contributed by atoms with Crippen molar-refractivity contribution in [3.8, 4) is 33.4 Å². The van der Waals surface area contributed by atoms with E-state index >= 15 is 0 Å². The maximum atomic E-state index is 2.47. The lowest BCUT2D eigenvalue weighted by atomic mass is 9.55. The average molecular weight is 675 g/mol. The van der Waals surface area contributed by atoms with Crippen LogP contribution in [0.1, 0.15) is 77.8 Å². The minimum absolute atomic E-state index is 0.861. The van der Waals surface area contributed by atoms with E-state index in [-0.39, 0.29) is 0 Å². The monoisotopic (exact) mass is 674 g/mol. The summed E-state index contributed by atoms with van der Waals surface area (Å²) in [5, 5.41) is 0. The van der Waals surface area contributed by atoms with Crippen molar-refractivity contribution in [2.24, 2.45) is 35.5 Å². The first-order valence-electron chi connectivity index (χ1n) is 19.2. The summed E-state index contributed by atoms with van der Waals surface area (Å²) in [5.74, 6) is 5.36. The Hall–Kier alpha value is -4.16. The highest BCUT2D eigenvalue weighted by molar-refractivity contribution is 5.82. The van der Waals surface area contributed by atoms with Gasteiger partial charge in [0.2, 0.25) is 0 Å². The summed E-state index contributed by atoms with van der Waals surface area (Å²) in [7, 11) is 0. The molecule has 3 aliphatic rings. The van der Waals surface area contributed by atoms with Crippen molar-refractivity contribution in [3.05, 3.63) is 153 Å². The Morgan fingerprint density at radius 3 is 0.588 bits per heavy atom. The number of hydrogen-bond donors (Lipinski definition) is 0. The molecule has 4 unspecified atom stereocenters. The van der Waals surface area contributed by atoms with E-state index < -0.39 is 0 Å². The molecule has 4 atom stereocenters. The Labute approximate surface area is 311 Å². The zero-order valence-corrected chi connectivity index (χ0v) is 33.8. The van der Waals surface area contributed by atoms with E-state index in [1.54, 1.807) is 0 Å². The van der Waals surface area contributed by atoms with Crippen LogP contribution in [0.4, 0.5) is 0 Å². The first kappa shape index (κ1) is 38.1. The number of benzene rings is 5. The second-order valence-electron chi connectivity index (χ2n) is 16.6. The fourth-order valence-corrected chi connectivity index (χ4v) is 9.07. The summed E-state index contributed by atoms with van der Waals surface area (Å²) in [6.07, 6.45) is 4.94. The smallest absolute Gasteiger partial charge is 0.0171 e. The fraction of sp³-hybridized carbons (Fsp3) is 0.373. The highest BCUT2D eigenvalue weighted by Crippen LogP contribution is 2.50. The van der Waals surface area contributed by atoms with Crippen LogP contribution in [0, 0.1) is 97.8 Å². The van der Waals surface area contributed by atoms with Crippen LogP contribution in [0.25, 0.3) is 33.4 Å². The molecule has 3 aliphatic carbocycles. The lowest BCUT2D eigenvalue weighted by molar-refractivity contribution is 0.0429. The van der Waals surface area contributed by atoms with Crippen LogP contribution in [0.15, 0.2) is 103 Å². The van der Waals surface area contributed by atoms with Gasteiger partial charge in [0.15, 0.2) is 0 Å². The molecule has 0 heterocycles. The number of hydrogen-bond acceptors (Lipinski definition) is 0. The van der Waals surface area contributed by atoms with Gasteiger partial charge in [-0.3, -0.25) is 0 Å². The first-order valence-corrected chi connectivity index (χ1v) is 19.2. The standard InChI is InChI=1S/C30H30.C12H20.C9H12/c1-19-7-20(2)11-25(10-19)28-16-29(26-12-21(3)8-22(4)13-26)18-30(17-28)27-14-23(5)9-24(6)15-27;1-7-8(2)12-6-5-11(7)9(3)10(12)4;1-7-4-8(2)6-9(3)5-7/h7-18H,1-6H3;5-12H,1-4H3;4-6H,1-3H3. The second-order valence-corrected chi connectivity index (χ2v) is 16.6. The van der Waals surface area contributed by atoms with Crippen LogP contribution in [0.3, 0.4) is 0 Å². The molecule has 0 N–H and O–H groups in total. The Balaban J connectivity index is 0.000000194. The van der Waals surface area contributed by atoms with Crippen LogP contribution >= 0.6 is 0 Å². The highest BCUT2D eigenvalue weighted by Gasteiger charge is 2.43. The minimum Gasteiger partial charge on any atom is -0.0846 e. The van der Waals surface area contributed by atoms with Gasteiger partial charge in [0.05, 0.1) is 0 Å². The van der Waals surface area contributed by atoms with Crippen molar-refractivity contribution in [1.82, 2.24) is 0 Å². The molecular weight excluding hydrogens is 613 g/mol. The third-order valence-corrected chi connectivity index (χ3v) is 11.6. The summed E-state index contributed by atoms with van der Waals surface area (Å²) in [6.45, 7) is 29.1. The molecule has 8 rings (SSSR count). The van der Waals surface area contributed by atoms with Crippen molar-refractivity contribution < 1.29 is 0 Å². The Morgan fingerprint density at radius 2 is 0.392 bits per heavy atom. The zero-order valence-electron chi connectivity index (χ0n) is 33.8. The molecule has 1 saturated carbocycles. The lowest BCUT2D eigenvalue weighted by Gasteiger charge is -2.50. The summed E-state index contributed by atoms with van der Waals surface area (Å²) < 4.78 is 0. The van der Waals surface area contributed by atoms with Crippen LogP contribution < -0.4 is 0 Å². The number of fused-ring (bicyclic) bond motifs is 2. The number of rotatable bonds is 3. The van der Waals surface area contributed by atoms with Crippen LogP contribution in [0.5, 0.6) is 0 Å². The summed E-state index contributed by atoms with van der Waals surface area (Å²) >= 11 is 0. The molecule has 0 amide bonds. The Bertz CT molecular complexity index is 1700. The van der Waals surface area contributed by atoms with Gasteiger partial charge < -0.3 is 0 Å². The maximum absolute atomic E-state index is 2.47. The topological polar surface area (TPSA) is 0 Å². The van der Waals surface area contributed by atoms with Gasteiger partial charge in [0.25, 0.3) is 0 Å². The van der Waals surface area contributed by atoms with E-state index in [0.29, 0.717) is 0 Å². The first-order chi connectivity index (χ1) is 24.1. The number of allylic oxidation sites excluding steroid dienone is 2. The number of aryl methyl sites for hydroxylation is 9. The van der Waals surface area contributed by atoms with Gasteiger partial charge >= 0.3 is 0 Å². The predicted molar refractivity (Wildman–Crippen MR) is 225 cm³/mol. The van der Waals surface area contributed by atoms with Crippen LogP contribution in [0.2, 0.25) is 0 Å². The molecule has 0 aliphatic heterocycles. The Morgan fingerprint density at radius 1 is 0.235 bits per heavy atom. The van der Waals surface area contributed by atoms with Crippen molar-refractivity contribution in [2.75, 3.05) is 0 Å². The van der Waals surface area contributed by atoms with E-state index in [4.69, 9.17) is 0 Å². The van der Waals surface area contributed by atoms with Gasteiger partial charge in [-0.1, -0.05) is 163 Å². The van der Waals surface area contributed by atoms with Crippen molar-refractivity contribution in [3.63, 3.8) is 0 Å². The molecule has 0 heteroatoms. The highest BCUT2D eigenvalue weighted by atomic mass is 14.5. The van der Waals surface area contributed by atoms with Gasteiger partial charge in [-0.2, -0.15) is 0 Å². The second kappa shape index (κ2) is 16.0. The quantitative estimate of drug-likeness (QED) is 0.167. The fourth-order valence-electron chi connectivity index (χ4n) is 9.07. The van der Waals surface area contributed by atoms with Gasteiger partial charge in [-0.05, 0) is 149 Å². The SMILES string of the molecule is CC1C(C)C2C=CC1C(C)C2C.Cc1cc(C)cc(-c2cc(-c3cc(C)cc(C)c3)cc(-c3cc(C)cc(C)c3)c2)c1.Cc1cc(C)cc(C)c1. The van der Waals surface area contributed by atoms with E-state index in [1.165, 1.54) is 83.5 Å². The molecule has 266 valence electrons. The molecule has 2 bridgehead atoms. The molecule has 0 radical (unpaired) electrons. The molecule has 5 aromatic carbocycles. The van der Waals surface area contributed by atoms with Gasteiger partial charge in [0, 0.05) is 0 Å². The molecule has 0 saturated heterocycles. The van der Waals surface area contributed by atoms with Crippen molar-refractivity contribution >= 4 is 0 Å². The lowest BCUT2D eigenvalue weighted by Crippen LogP contribution is -2.44. The molecule has 5 aromatic rings. The normalized spacial score (nSPS) is 21.7. The molecule has 0 spiro atoms. The molecule has 1 fully saturated rings. The Kier molecular flexibility index (Phi) is 12.0. The molecule has 0 aromatic heterocycles. The van der Waals surface area contributed by atoms with Crippen LogP contribution in [-0.4, -0.2) is 0 Å². The van der Waals surface area contributed by atoms with Crippen molar-refractivity contribution in [2.45, 2.75) is 90.0 Å². The zero-order chi connectivity index (χ0) is 37.1. The van der Waals surface area contributed by atoms with E-state index in [9.17, 15) is 0 Å². The average Bonchev–Trinajstić information content (AvgIpc) is 3.03. The van der Waals surface area contributed by atoms with E-state index in [2.05, 4.69) is 193 Å². The minimum atomic E-state index is 0.861. The molecule has 0 nitrogen and oxygen atoms in total.